The van der Waals surface area contributed by atoms with Crippen molar-refractivity contribution in [2.75, 3.05) is 22.3 Å². The van der Waals surface area contributed by atoms with E-state index in [0.717, 1.165) is 17.7 Å². The molecule has 1 atom stereocenters. The minimum Gasteiger partial charge on any atom is -0.388 e. The number of rotatable bonds is 3. The van der Waals surface area contributed by atoms with E-state index < -0.39 is 16.1 Å². The fourth-order valence-corrected chi connectivity index (χ4v) is 5.45. The SMILES string of the molecule is Cc1cccc2c1N(S(=O)(=O)c1ccc(N3CCCC3=O)cc1)CCC2O. The van der Waals surface area contributed by atoms with E-state index in [1.54, 1.807) is 35.2 Å². The Hall–Kier alpha value is -2.38. The standard InChI is InChI=1S/C20H22N2O4S/c1-14-4-2-5-17-18(23)11-13-22(20(14)17)27(25,26)16-9-7-15(8-10-16)21-12-3-6-19(21)24/h2,4-5,7-10,18,23H,3,6,11-13H2,1H3. The number of para-hydroxylation sites is 1. The fourth-order valence-electron chi connectivity index (χ4n) is 3.88. The number of anilines is 2. The molecular weight excluding hydrogens is 364 g/mol. The van der Waals surface area contributed by atoms with E-state index >= 15 is 0 Å². The quantitative estimate of drug-likeness (QED) is 0.880. The summed E-state index contributed by atoms with van der Waals surface area (Å²) in [5.74, 6) is 0.0696. The van der Waals surface area contributed by atoms with Crippen LogP contribution in [0.1, 0.15) is 36.5 Å². The van der Waals surface area contributed by atoms with Crippen LogP contribution in [0, 0.1) is 6.92 Å². The van der Waals surface area contributed by atoms with Crippen molar-refractivity contribution >= 4 is 27.3 Å². The predicted molar refractivity (Wildman–Crippen MR) is 103 cm³/mol. The largest absolute Gasteiger partial charge is 0.388 e. The van der Waals surface area contributed by atoms with Crippen molar-refractivity contribution in [2.45, 2.75) is 37.2 Å². The molecule has 1 saturated heterocycles. The fraction of sp³-hybridized carbons (Fsp3) is 0.350. The van der Waals surface area contributed by atoms with E-state index in [2.05, 4.69) is 0 Å². The third-order valence-corrected chi connectivity index (χ3v) is 7.11. The monoisotopic (exact) mass is 386 g/mol. The van der Waals surface area contributed by atoms with Gasteiger partial charge >= 0.3 is 0 Å². The molecule has 142 valence electrons. The molecule has 0 bridgehead atoms. The van der Waals surface area contributed by atoms with Crippen LogP contribution in [0.25, 0.3) is 0 Å². The summed E-state index contributed by atoms with van der Waals surface area (Å²) in [4.78, 5) is 13.8. The first-order chi connectivity index (χ1) is 12.9. The first-order valence-corrected chi connectivity index (χ1v) is 10.5. The van der Waals surface area contributed by atoms with Gasteiger partial charge in [-0.25, -0.2) is 8.42 Å². The number of carbonyl (C=O) groups excluding carboxylic acids is 1. The van der Waals surface area contributed by atoms with E-state index in [-0.39, 0.29) is 17.3 Å². The van der Waals surface area contributed by atoms with E-state index in [0.29, 0.717) is 30.6 Å². The molecule has 2 aliphatic rings. The van der Waals surface area contributed by atoms with Gasteiger partial charge < -0.3 is 10.0 Å². The number of sulfonamides is 1. The molecule has 1 unspecified atom stereocenters. The van der Waals surface area contributed by atoms with Crippen molar-refractivity contribution in [3.63, 3.8) is 0 Å². The molecule has 27 heavy (non-hydrogen) atoms. The van der Waals surface area contributed by atoms with Gasteiger partial charge in [0.05, 0.1) is 16.7 Å². The smallest absolute Gasteiger partial charge is 0.264 e. The lowest BCUT2D eigenvalue weighted by Gasteiger charge is -2.34. The van der Waals surface area contributed by atoms with Gasteiger partial charge in [-0.3, -0.25) is 9.10 Å². The van der Waals surface area contributed by atoms with Crippen molar-refractivity contribution in [3.8, 4) is 0 Å². The summed E-state index contributed by atoms with van der Waals surface area (Å²) in [5.41, 5.74) is 2.75. The molecule has 2 aromatic rings. The Morgan fingerprint density at radius 1 is 1.07 bits per heavy atom. The van der Waals surface area contributed by atoms with Crippen LogP contribution < -0.4 is 9.21 Å². The van der Waals surface area contributed by atoms with E-state index in [1.165, 1.54) is 4.31 Å². The maximum Gasteiger partial charge on any atom is 0.264 e. The van der Waals surface area contributed by atoms with Crippen LogP contribution in [0.2, 0.25) is 0 Å². The highest BCUT2D eigenvalue weighted by Crippen LogP contribution is 2.39. The zero-order chi connectivity index (χ0) is 19.2. The van der Waals surface area contributed by atoms with Gasteiger partial charge in [-0.2, -0.15) is 0 Å². The average Bonchev–Trinajstić information content (AvgIpc) is 3.08. The molecule has 0 aromatic heterocycles. The highest BCUT2D eigenvalue weighted by Gasteiger charge is 2.33. The van der Waals surface area contributed by atoms with Crippen molar-refractivity contribution in [3.05, 3.63) is 53.6 Å². The molecule has 1 amide bonds. The summed E-state index contributed by atoms with van der Waals surface area (Å²) < 4.78 is 27.9. The summed E-state index contributed by atoms with van der Waals surface area (Å²) in [7, 11) is -3.76. The number of aliphatic hydroxyl groups is 1. The van der Waals surface area contributed by atoms with Crippen LogP contribution in [0.4, 0.5) is 11.4 Å². The maximum atomic E-state index is 13.3. The zero-order valence-electron chi connectivity index (χ0n) is 15.1. The van der Waals surface area contributed by atoms with Gasteiger partial charge in [0.1, 0.15) is 0 Å². The number of hydrogen-bond acceptors (Lipinski definition) is 4. The summed E-state index contributed by atoms with van der Waals surface area (Å²) in [6.07, 6.45) is 1.06. The van der Waals surface area contributed by atoms with Gasteiger partial charge in [-0.15, -0.1) is 0 Å². The third-order valence-electron chi connectivity index (χ3n) is 5.29. The van der Waals surface area contributed by atoms with Crippen LogP contribution in [0.5, 0.6) is 0 Å². The maximum absolute atomic E-state index is 13.3. The molecule has 2 heterocycles. The lowest BCUT2D eigenvalue weighted by molar-refractivity contribution is -0.117. The van der Waals surface area contributed by atoms with Crippen LogP contribution >= 0.6 is 0 Å². The molecule has 1 N–H and O–H groups in total. The first kappa shape index (κ1) is 18.0. The number of aliphatic hydroxyl groups excluding tert-OH is 1. The highest BCUT2D eigenvalue weighted by atomic mass is 32.2. The summed E-state index contributed by atoms with van der Waals surface area (Å²) in [6.45, 7) is 2.75. The Labute approximate surface area is 159 Å². The molecule has 0 aliphatic carbocycles. The Bertz CT molecular complexity index is 986. The highest BCUT2D eigenvalue weighted by molar-refractivity contribution is 7.92. The Morgan fingerprint density at radius 2 is 1.81 bits per heavy atom. The molecule has 0 spiro atoms. The molecule has 4 rings (SSSR count). The molecule has 2 aromatic carbocycles. The summed E-state index contributed by atoms with van der Waals surface area (Å²) in [6, 6.07) is 11.9. The molecular formula is C20H22N2O4S. The molecule has 1 fully saturated rings. The summed E-state index contributed by atoms with van der Waals surface area (Å²) in [5, 5.41) is 10.3. The number of carbonyl (C=O) groups is 1. The second kappa shape index (κ2) is 6.65. The Kier molecular flexibility index (Phi) is 4.44. The lowest BCUT2D eigenvalue weighted by Crippen LogP contribution is -2.37. The van der Waals surface area contributed by atoms with Gasteiger partial charge in [0.2, 0.25) is 5.91 Å². The van der Waals surface area contributed by atoms with Crippen molar-refractivity contribution < 1.29 is 18.3 Å². The van der Waals surface area contributed by atoms with E-state index in [4.69, 9.17) is 0 Å². The lowest BCUT2D eigenvalue weighted by atomic mass is 9.98. The Morgan fingerprint density at radius 3 is 2.48 bits per heavy atom. The van der Waals surface area contributed by atoms with Crippen LogP contribution in [0.15, 0.2) is 47.4 Å². The van der Waals surface area contributed by atoms with E-state index in [1.807, 2.05) is 19.1 Å². The van der Waals surface area contributed by atoms with Gasteiger partial charge in [-0.1, -0.05) is 18.2 Å². The average molecular weight is 386 g/mol. The van der Waals surface area contributed by atoms with E-state index in [9.17, 15) is 18.3 Å². The second-order valence-electron chi connectivity index (χ2n) is 7.04. The number of amides is 1. The molecule has 6 nitrogen and oxygen atoms in total. The van der Waals surface area contributed by atoms with Gasteiger partial charge in [-0.05, 0) is 49.6 Å². The zero-order valence-corrected chi connectivity index (χ0v) is 15.9. The second-order valence-corrected chi connectivity index (χ2v) is 8.90. The normalized spacial score (nSPS) is 20.1. The number of benzene rings is 2. The van der Waals surface area contributed by atoms with Crippen LogP contribution in [0.3, 0.4) is 0 Å². The number of fused-ring (bicyclic) bond motifs is 1. The number of hydrogen-bond donors (Lipinski definition) is 1. The minimum atomic E-state index is -3.76. The van der Waals surface area contributed by atoms with Gasteiger partial charge in [0, 0.05) is 30.8 Å². The van der Waals surface area contributed by atoms with Crippen LogP contribution in [-0.2, 0) is 14.8 Å². The number of nitrogens with zero attached hydrogens (tertiary/aromatic N) is 2. The van der Waals surface area contributed by atoms with Crippen molar-refractivity contribution in [1.82, 2.24) is 0 Å². The first-order valence-electron chi connectivity index (χ1n) is 9.10. The van der Waals surface area contributed by atoms with Gasteiger partial charge in [0.15, 0.2) is 0 Å². The Balaban J connectivity index is 1.70. The minimum absolute atomic E-state index is 0.0696. The number of aryl methyl sites for hydroxylation is 1. The van der Waals surface area contributed by atoms with Gasteiger partial charge in [0.25, 0.3) is 10.0 Å². The van der Waals surface area contributed by atoms with Crippen LogP contribution in [-0.4, -0.2) is 32.5 Å². The van der Waals surface area contributed by atoms with Crippen molar-refractivity contribution in [2.24, 2.45) is 0 Å². The van der Waals surface area contributed by atoms with Crippen molar-refractivity contribution in [1.29, 1.82) is 0 Å². The topological polar surface area (TPSA) is 77.9 Å². The predicted octanol–water partition coefficient (Wildman–Crippen LogP) is 2.75. The summed E-state index contributed by atoms with van der Waals surface area (Å²) >= 11 is 0. The molecule has 7 heteroatoms. The molecule has 0 saturated carbocycles. The molecule has 0 radical (unpaired) electrons. The molecule has 2 aliphatic heterocycles. The third kappa shape index (κ3) is 3.00.